The molecule has 0 unspecified atom stereocenters. The molecule has 2 rings (SSSR count). The first-order valence-electron chi connectivity index (χ1n) is 22.2. The van der Waals surface area contributed by atoms with E-state index in [0.29, 0.717) is 0 Å². The third kappa shape index (κ3) is 23.9. The van der Waals surface area contributed by atoms with Crippen LogP contribution in [0.2, 0.25) is 0 Å². The molecule has 47 heavy (non-hydrogen) atoms. The van der Waals surface area contributed by atoms with Gasteiger partial charge in [0.15, 0.2) is 0 Å². The molecule has 2 aliphatic carbocycles. The van der Waals surface area contributed by atoms with Crippen molar-refractivity contribution < 1.29 is 0 Å². The maximum absolute atomic E-state index is 2.56. The lowest BCUT2D eigenvalue weighted by Gasteiger charge is -2.16. The van der Waals surface area contributed by atoms with E-state index in [0.717, 1.165) is 0 Å². The van der Waals surface area contributed by atoms with Crippen LogP contribution in [-0.2, 0) is 0 Å². The molecule has 0 nitrogen and oxygen atoms in total. The summed E-state index contributed by atoms with van der Waals surface area (Å²) in [5.74, 6) is 0. The van der Waals surface area contributed by atoms with Gasteiger partial charge in [0.2, 0.25) is 0 Å². The van der Waals surface area contributed by atoms with E-state index in [1.807, 2.05) is 0 Å². The molecule has 272 valence electrons. The molecule has 0 saturated heterocycles. The molecular formula is C47H84. The Morgan fingerprint density at radius 2 is 0.681 bits per heavy atom. The van der Waals surface area contributed by atoms with E-state index in [9.17, 15) is 0 Å². The summed E-state index contributed by atoms with van der Waals surface area (Å²) in [6.45, 7) is 4.62. The minimum atomic E-state index is 1.20. The smallest absolute Gasteiger partial charge is 0.0126 e. The van der Waals surface area contributed by atoms with Crippen molar-refractivity contribution in [1.82, 2.24) is 0 Å². The summed E-state index contributed by atoms with van der Waals surface area (Å²) in [6, 6.07) is 0. The average molecular weight is 649 g/mol. The van der Waals surface area contributed by atoms with Crippen molar-refractivity contribution in [3.8, 4) is 0 Å². The lowest BCUT2D eigenvalue weighted by molar-refractivity contribution is 0.527. The number of fused-ring (bicyclic) bond motifs is 1. The first-order chi connectivity index (χ1) is 23.3. The minimum Gasteiger partial charge on any atom is -0.0723 e. The van der Waals surface area contributed by atoms with E-state index in [1.165, 1.54) is 243 Å². The van der Waals surface area contributed by atoms with Crippen LogP contribution in [0.25, 0.3) is 0 Å². The van der Waals surface area contributed by atoms with E-state index in [2.05, 4.69) is 38.2 Å². The molecule has 0 atom stereocenters. The van der Waals surface area contributed by atoms with Gasteiger partial charge in [-0.15, -0.1) is 0 Å². The zero-order valence-electron chi connectivity index (χ0n) is 32.5. The maximum Gasteiger partial charge on any atom is -0.0126 e. The fraction of sp³-hybridized carbons (Fsp3) is 0.830. The van der Waals surface area contributed by atoms with Gasteiger partial charge in [-0.05, 0) is 48.8 Å². The average Bonchev–Trinajstić information content (AvgIpc) is 3.49. The Bertz CT molecular complexity index is 819. The van der Waals surface area contributed by atoms with Gasteiger partial charge in [-0.1, -0.05) is 249 Å². The highest BCUT2D eigenvalue weighted by atomic mass is 14.2. The van der Waals surface area contributed by atoms with Crippen molar-refractivity contribution in [2.75, 3.05) is 0 Å². The Morgan fingerprint density at radius 3 is 1.04 bits per heavy atom. The van der Waals surface area contributed by atoms with Gasteiger partial charge in [0.1, 0.15) is 0 Å². The first kappa shape index (κ1) is 42.1. The zero-order valence-corrected chi connectivity index (χ0v) is 32.5. The van der Waals surface area contributed by atoms with Crippen molar-refractivity contribution in [3.63, 3.8) is 0 Å². The van der Waals surface area contributed by atoms with Crippen LogP contribution in [-0.4, -0.2) is 0 Å². The number of hydrogen-bond acceptors (Lipinski definition) is 0. The molecule has 0 aromatic heterocycles. The molecule has 0 amide bonds. The highest BCUT2D eigenvalue weighted by Crippen LogP contribution is 2.36. The Balaban J connectivity index is 1.32. The van der Waals surface area contributed by atoms with Crippen LogP contribution in [0.4, 0.5) is 0 Å². The largest absolute Gasteiger partial charge is 0.0723 e. The summed E-state index contributed by atoms with van der Waals surface area (Å²) in [5.41, 5.74) is 6.38. The molecule has 0 heterocycles. The second-order valence-corrected chi connectivity index (χ2v) is 15.8. The predicted molar refractivity (Wildman–Crippen MR) is 215 cm³/mol. The predicted octanol–water partition coefficient (Wildman–Crippen LogP) is 17.2. The fourth-order valence-electron chi connectivity index (χ4n) is 7.95. The fourth-order valence-corrected chi connectivity index (χ4v) is 7.95. The number of rotatable bonds is 36. The quantitative estimate of drug-likeness (QED) is 0.0593. The van der Waals surface area contributed by atoms with Crippen LogP contribution in [0.1, 0.15) is 251 Å². The van der Waals surface area contributed by atoms with Gasteiger partial charge in [-0.2, -0.15) is 0 Å². The molecule has 0 bridgehead atoms. The monoisotopic (exact) mass is 649 g/mol. The van der Waals surface area contributed by atoms with Gasteiger partial charge in [-0.25, -0.2) is 0 Å². The molecule has 0 fully saturated rings. The van der Waals surface area contributed by atoms with Crippen molar-refractivity contribution >= 4 is 0 Å². The summed E-state index contributed by atoms with van der Waals surface area (Å²) in [6.07, 6.45) is 63.2. The molecule has 0 spiro atoms. The zero-order chi connectivity index (χ0) is 33.3. The Hall–Kier alpha value is -1.04. The Labute approximate surface area is 297 Å². The summed E-state index contributed by atoms with van der Waals surface area (Å²) < 4.78 is 0. The third-order valence-corrected chi connectivity index (χ3v) is 11.2. The van der Waals surface area contributed by atoms with Crippen LogP contribution < -0.4 is 0 Å². The minimum absolute atomic E-state index is 1.20. The highest BCUT2D eigenvalue weighted by Gasteiger charge is 2.17. The first-order valence-corrected chi connectivity index (χ1v) is 22.2. The van der Waals surface area contributed by atoms with Gasteiger partial charge >= 0.3 is 0 Å². The topological polar surface area (TPSA) is 0 Å². The van der Waals surface area contributed by atoms with Crippen molar-refractivity contribution in [2.24, 2.45) is 0 Å². The lowest BCUT2D eigenvalue weighted by Crippen LogP contribution is -1.97. The van der Waals surface area contributed by atoms with Crippen molar-refractivity contribution in [2.45, 2.75) is 251 Å². The second kappa shape index (κ2) is 32.2. The van der Waals surface area contributed by atoms with Crippen molar-refractivity contribution in [3.05, 3.63) is 46.6 Å². The van der Waals surface area contributed by atoms with Crippen LogP contribution in [0.5, 0.6) is 0 Å². The van der Waals surface area contributed by atoms with Gasteiger partial charge in [0.05, 0.1) is 0 Å². The van der Waals surface area contributed by atoms with Gasteiger partial charge < -0.3 is 0 Å². The van der Waals surface area contributed by atoms with Crippen LogP contribution >= 0.6 is 0 Å². The number of hydrogen-bond donors (Lipinski definition) is 0. The van der Waals surface area contributed by atoms with Gasteiger partial charge in [0, 0.05) is 0 Å². The lowest BCUT2D eigenvalue weighted by atomic mass is 9.89. The summed E-state index contributed by atoms with van der Waals surface area (Å²) in [4.78, 5) is 0. The van der Waals surface area contributed by atoms with Crippen LogP contribution in [0.15, 0.2) is 46.6 Å². The van der Waals surface area contributed by atoms with Crippen molar-refractivity contribution in [1.29, 1.82) is 0 Å². The molecule has 2 aliphatic rings. The second-order valence-electron chi connectivity index (χ2n) is 15.8. The molecular weight excluding hydrogens is 565 g/mol. The van der Waals surface area contributed by atoms with Gasteiger partial charge in [-0.3, -0.25) is 0 Å². The number of unbranched alkanes of at least 4 members (excludes halogenated alkanes) is 32. The van der Waals surface area contributed by atoms with Crippen LogP contribution in [0, 0.1) is 0 Å². The maximum atomic E-state index is 2.56. The SMILES string of the molecule is CCCCCCCCCCCCCCCCCCCC1=CC2=CC=C(CCCCCCCCCCCCCCCCCCC)C2=CC1. The molecule has 0 aromatic carbocycles. The number of allylic oxidation sites excluding steroid dienone is 8. The normalized spacial score (nSPS) is 14.3. The molecule has 0 N–H and O–H groups in total. The molecule has 0 aromatic rings. The summed E-state index contributed by atoms with van der Waals surface area (Å²) in [7, 11) is 0. The van der Waals surface area contributed by atoms with Gasteiger partial charge in [0.25, 0.3) is 0 Å². The molecule has 0 heteroatoms. The molecule has 0 saturated carbocycles. The molecule has 0 radical (unpaired) electrons. The highest BCUT2D eigenvalue weighted by molar-refractivity contribution is 5.62. The molecule has 0 aliphatic heterocycles. The Kier molecular flexibility index (Phi) is 28.8. The van der Waals surface area contributed by atoms with E-state index < -0.39 is 0 Å². The third-order valence-electron chi connectivity index (χ3n) is 11.2. The standard InChI is InChI=1S/C47H84/c1-3-5-7-9-11-13-15-17-19-21-23-25-27-29-31-33-35-37-44-39-42-47-45(40-41-46(47)43-44)38-36-34-32-30-28-26-24-22-20-18-16-14-12-10-8-6-4-2/h40-43H,3-39H2,1-2H3. The van der Waals surface area contributed by atoms with E-state index in [4.69, 9.17) is 0 Å². The van der Waals surface area contributed by atoms with Crippen LogP contribution in [0.3, 0.4) is 0 Å². The summed E-state index contributed by atoms with van der Waals surface area (Å²) in [5, 5.41) is 0. The van der Waals surface area contributed by atoms with E-state index in [1.54, 1.807) is 16.7 Å². The Morgan fingerprint density at radius 1 is 0.362 bits per heavy atom. The van der Waals surface area contributed by atoms with E-state index >= 15 is 0 Å². The summed E-state index contributed by atoms with van der Waals surface area (Å²) >= 11 is 0. The van der Waals surface area contributed by atoms with E-state index in [-0.39, 0.29) is 0 Å².